The fourth-order valence-electron chi connectivity index (χ4n) is 3.53. The van der Waals surface area contributed by atoms with Crippen molar-refractivity contribution in [3.05, 3.63) is 41.3 Å². The van der Waals surface area contributed by atoms with E-state index >= 15 is 0 Å². The van der Waals surface area contributed by atoms with Gasteiger partial charge in [0.15, 0.2) is 5.69 Å². The summed E-state index contributed by atoms with van der Waals surface area (Å²) in [6.45, 7) is 0.704. The van der Waals surface area contributed by atoms with E-state index in [1.54, 1.807) is 20.3 Å². The quantitative estimate of drug-likeness (QED) is 0.831. The van der Waals surface area contributed by atoms with Gasteiger partial charge >= 0.3 is 0 Å². The van der Waals surface area contributed by atoms with Gasteiger partial charge in [0.25, 0.3) is 5.91 Å². The van der Waals surface area contributed by atoms with Crippen LogP contribution in [0.5, 0.6) is 11.5 Å². The Hall–Kier alpha value is -2.50. The lowest BCUT2D eigenvalue weighted by Crippen LogP contribution is -2.31. The first kappa shape index (κ1) is 16.0. The van der Waals surface area contributed by atoms with Gasteiger partial charge in [0.1, 0.15) is 17.3 Å². The molecule has 4 rings (SSSR count). The molecule has 6 nitrogen and oxygen atoms in total. The molecule has 2 aliphatic rings. The van der Waals surface area contributed by atoms with Gasteiger partial charge in [0.2, 0.25) is 0 Å². The van der Waals surface area contributed by atoms with E-state index in [1.807, 2.05) is 23.1 Å². The number of amides is 1. The molecule has 0 unspecified atom stereocenters. The van der Waals surface area contributed by atoms with E-state index < -0.39 is 0 Å². The lowest BCUT2D eigenvalue weighted by atomic mass is 10.0. The third kappa shape index (κ3) is 2.97. The number of methoxy groups -OCH3 is 2. The number of carbonyl (C=O) groups is 1. The first-order valence-electron chi connectivity index (χ1n) is 8.70. The Kier molecular flexibility index (Phi) is 4.11. The van der Waals surface area contributed by atoms with Gasteiger partial charge in [0, 0.05) is 24.1 Å². The molecular formula is C19H22N2O4. The summed E-state index contributed by atoms with van der Waals surface area (Å²) < 4.78 is 16.2. The Morgan fingerprint density at radius 2 is 2.04 bits per heavy atom. The largest absolute Gasteiger partial charge is 0.497 e. The molecule has 1 saturated carbocycles. The van der Waals surface area contributed by atoms with Crippen LogP contribution >= 0.6 is 0 Å². The minimum atomic E-state index is -0.0805. The second-order valence-electron chi connectivity index (χ2n) is 6.65. The summed E-state index contributed by atoms with van der Waals surface area (Å²) in [5.74, 6) is 2.72. The van der Waals surface area contributed by atoms with E-state index in [0.717, 1.165) is 48.5 Å². The minimum Gasteiger partial charge on any atom is -0.497 e. The van der Waals surface area contributed by atoms with Crippen molar-refractivity contribution >= 4 is 5.91 Å². The highest BCUT2D eigenvalue weighted by atomic mass is 16.5. The van der Waals surface area contributed by atoms with E-state index in [2.05, 4.69) is 5.16 Å². The maximum absolute atomic E-state index is 13.0. The molecule has 6 heteroatoms. The highest BCUT2D eigenvalue weighted by Gasteiger charge is 2.35. The van der Waals surface area contributed by atoms with E-state index in [9.17, 15) is 4.79 Å². The SMILES string of the molecule is COc1ccc(OC)c([C@H]2CCCN2C(=O)c2cc(C3CC3)on2)c1. The van der Waals surface area contributed by atoms with Gasteiger partial charge in [-0.3, -0.25) is 4.79 Å². The zero-order valence-corrected chi connectivity index (χ0v) is 14.5. The standard InChI is InChI=1S/C19H22N2O4/c1-23-13-7-8-17(24-2)14(10-13)16-4-3-9-21(16)19(22)15-11-18(25-20-15)12-5-6-12/h7-8,10-12,16H,3-6,9H2,1-2H3/t16-/m1/s1. The van der Waals surface area contributed by atoms with E-state index in [0.29, 0.717) is 18.2 Å². The molecule has 1 atom stereocenters. The maximum Gasteiger partial charge on any atom is 0.276 e. The molecule has 2 fully saturated rings. The molecule has 132 valence electrons. The Balaban J connectivity index is 1.62. The fraction of sp³-hybridized carbons (Fsp3) is 0.474. The monoisotopic (exact) mass is 342 g/mol. The highest BCUT2D eigenvalue weighted by Crippen LogP contribution is 2.42. The predicted molar refractivity (Wildman–Crippen MR) is 91.0 cm³/mol. The van der Waals surface area contributed by atoms with Crippen LogP contribution in [0.3, 0.4) is 0 Å². The number of hydrogen-bond donors (Lipinski definition) is 0. The number of hydrogen-bond acceptors (Lipinski definition) is 5. The number of benzene rings is 1. The van der Waals surface area contributed by atoms with Crippen molar-refractivity contribution in [2.45, 2.75) is 37.6 Å². The maximum atomic E-state index is 13.0. The normalized spacial score (nSPS) is 19.9. The number of likely N-dealkylation sites (tertiary alicyclic amines) is 1. The van der Waals surface area contributed by atoms with Crippen LogP contribution in [0.15, 0.2) is 28.8 Å². The van der Waals surface area contributed by atoms with Gasteiger partial charge in [-0.05, 0) is 43.9 Å². The highest BCUT2D eigenvalue weighted by molar-refractivity contribution is 5.92. The molecule has 1 saturated heterocycles. The van der Waals surface area contributed by atoms with Crippen molar-refractivity contribution in [2.75, 3.05) is 20.8 Å². The average molecular weight is 342 g/mol. The number of aromatic nitrogens is 1. The number of ether oxygens (including phenoxy) is 2. The van der Waals surface area contributed by atoms with Crippen molar-refractivity contribution < 1.29 is 18.8 Å². The summed E-state index contributed by atoms with van der Waals surface area (Å²) in [4.78, 5) is 14.8. The van der Waals surface area contributed by atoms with Crippen LogP contribution in [0, 0.1) is 0 Å². The van der Waals surface area contributed by atoms with Gasteiger partial charge in [-0.1, -0.05) is 5.16 Å². The summed E-state index contributed by atoms with van der Waals surface area (Å²) in [6.07, 6.45) is 4.08. The zero-order chi connectivity index (χ0) is 17.4. The first-order chi connectivity index (χ1) is 12.2. The Bertz CT molecular complexity index is 781. The molecule has 25 heavy (non-hydrogen) atoms. The summed E-state index contributed by atoms with van der Waals surface area (Å²) in [6, 6.07) is 7.46. The van der Waals surface area contributed by atoms with Crippen molar-refractivity contribution in [2.24, 2.45) is 0 Å². The topological polar surface area (TPSA) is 64.8 Å². The molecular weight excluding hydrogens is 320 g/mol. The van der Waals surface area contributed by atoms with Crippen LogP contribution in [-0.4, -0.2) is 36.7 Å². The molecule has 0 N–H and O–H groups in total. The summed E-state index contributed by atoms with van der Waals surface area (Å²) >= 11 is 0. The minimum absolute atomic E-state index is 0.0429. The van der Waals surface area contributed by atoms with Crippen LogP contribution in [0.2, 0.25) is 0 Å². The number of nitrogens with zero attached hydrogens (tertiary/aromatic N) is 2. The van der Waals surface area contributed by atoms with Crippen LogP contribution in [0.1, 0.15) is 59.5 Å². The van der Waals surface area contributed by atoms with E-state index in [-0.39, 0.29) is 11.9 Å². The molecule has 2 heterocycles. The number of carbonyl (C=O) groups excluding carboxylic acids is 1. The Labute approximate surface area is 146 Å². The van der Waals surface area contributed by atoms with Crippen molar-refractivity contribution in [1.82, 2.24) is 10.1 Å². The summed E-state index contributed by atoms with van der Waals surface area (Å²) in [5.41, 5.74) is 1.37. The molecule has 2 aromatic rings. The molecule has 1 amide bonds. The fourth-order valence-corrected chi connectivity index (χ4v) is 3.53. The second kappa shape index (κ2) is 6.43. The predicted octanol–water partition coefficient (Wildman–Crippen LogP) is 3.55. The summed E-state index contributed by atoms with van der Waals surface area (Å²) in [7, 11) is 3.28. The van der Waals surface area contributed by atoms with Crippen LogP contribution in [0.4, 0.5) is 0 Å². The van der Waals surface area contributed by atoms with Gasteiger partial charge in [-0.15, -0.1) is 0 Å². The molecule has 0 spiro atoms. The van der Waals surface area contributed by atoms with E-state index in [4.69, 9.17) is 14.0 Å². The number of rotatable bonds is 5. The molecule has 0 bridgehead atoms. The Morgan fingerprint density at radius 1 is 1.20 bits per heavy atom. The van der Waals surface area contributed by atoms with Gasteiger partial charge in [-0.2, -0.15) is 0 Å². The van der Waals surface area contributed by atoms with Gasteiger partial charge in [0.05, 0.1) is 20.3 Å². The van der Waals surface area contributed by atoms with Crippen LogP contribution < -0.4 is 9.47 Å². The molecule has 1 aromatic heterocycles. The molecule has 1 aliphatic heterocycles. The second-order valence-corrected chi connectivity index (χ2v) is 6.65. The molecule has 0 radical (unpaired) electrons. The lowest BCUT2D eigenvalue weighted by Gasteiger charge is -2.26. The third-order valence-electron chi connectivity index (χ3n) is 5.04. The zero-order valence-electron chi connectivity index (χ0n) is 14.5. The van der Waals surface area contributed by atoms with Gasteiger partial charge in [-0.25, -0.2) is 0 Å². The van der Waals surface area contributed by atoms with Crippen LogP contribution in [0.25, 0.3) is 0 Å². The molecule has 1 aromatic carbocycles. The van der Waals surface area contributed by atoms with Gasteiger partial charge < -0.3 is 18.9 Å². The molecule has 1 aliphatic carbocycles. The Morgan fingerprint density at radius 3 is 2.76 bits per heavy atom. The smallest absolute Gasteiger partial charge is 0.276 e. The van der Waals surface area contributed by atoms with E-state index in [1.165, 1.54) is 0 Å². The average Bonchev–Trinajstić information content (AvgIpc) is 3.19. The lowest BCUT2D eigenvalue weighted by molar-refractivity contribution is 0.0723. The van der Waals surface area contributed by atoms with Crippen molar-refractivity contribution in [3.63, 3.8) is 0 Å². The third-order valence-corrected chi connectivity index (χ3v) is 5.04. The van der Waals surface area contributed by atoms with Crippen molar-refractivity contribution in [1.29, 1.82) is 0 Å². The van der Waals surface area contributed by atoms with Crippen LogP contribution in [-0.2, 0) is 0 Å². The first-order valence-corrected chi connectivity index (χ1v) is 8.70. The van der Waals surface area contributed by atoms with Crippen molar-refractivity contribution in [3.8, 4) is 11.5 Å². The summed E-state index contributed by atoms with van der Waals surface area (Å²) in [5, 5.41) is 4.00.